The van der Waals surface area contributed by atoms with Gasteiger partial charge in [0.15, 0.2) is 0 Å². The highest BCUT2D eigenvalue weighted by molar-refractivity contribution is 6.34. The van der Waals surface area contributed by atoms with Crippen molar-refractivity contribution >= 4 is 29.1 Å². The van der Waals surface area contributed by atoms with E-state index in [-0.39, 0.29) is 18.4 Å². The van der Waals surface area contributed by atoms with E-state index in [1.165, 1.54) is 0 Å². The van der Waals surface area contributed by atoms with Crippen LogP contribution in [-0.2, 0) is 9.53 Å². The largest absolute Gasteiger partial charge is 0.378 e. The molecule has 144 valence electrons. The summed E-state index contributed by atoms with van der Waals surface area (Å²) in [5.74, 6) is -0.354. The first-order chi connectivity index (χ1) is 13.0. The van der Waals surface area contributed by atoms with Gasteiger partial charge in [0.25, 0.3) is 5.91 Å². The van der Waals surface area contributed by atoms with Crippen molar-refractivity contribution in [1.29, 1.82) is 5.26 Å². The predicted molar refractivity (Wildman–Crippen MR) is 102 cm³/mol. The maximum atomic E-state index is 12.5. The molecule has 27 heavy (non-hydrogen) atoms. The number of carbonyl (C=O) groups excluding carboxylic acids is 2. The number of benzene rings is 1. The van der Waals surface area contributed by atoms with Crippen molar-refractivity contribution in [2.24, 2.45) is 0 Å². The van der Waals surface area contributed by atoms with Gasteiger partial charge in [-0.15, -0.1) is 0 Å². The molecule has 1 aromatic carbocycles. The fraction of sp³-hybridized carbons (Fsp3) is 0.526. The molecule has 7 nitrogen and oxygen atoms in total. The van der Waals surface area contributed by atoms with Gasteiger partial charge >= 0.3 is 0 Å². The lowest BCUT2D eigenvalue weighted by Crippen LogP contribution is -2.47. The number of rotatable bonds is 5. The third-order valence-electron chi connectivity index (χ3n) is 5.00. The molecule has 0 aromatic heterocycles. The number of ether oxygens (including phenoxy) is 1. The molecule has 2 aliphatic rings. The van der Waals surface area contributed by atoms with Gasteiger partial charge in [0, 0.05) is 18.8 Å². The van der Waals surface area contributed by atoms with Crippen LogP contribution in [0.5, 0.6) is 0 Å². The molecule has 1 saturated carbocycles. The molecule has 2 amide bonds. The second-order valence-corrected chi connectivity index (χ2v) is 7.31. The molecule has 0 unspecified atom stereocenters. The van der Waals surface area contributed by atoms with Crippen LogP contribution in [0.1, 0.15) is 36.0 Å². The zero-order valence-electron chi connectivity index (χ0n) is 15.1. The molecule has 0 spiro atoms. The summed E-state index contributed by atoms with van der Waals surface area (Å²) in [6, 6.07) is 7.26. The molecule has 0 atom stereocenters. The van der Waals surface area contributed by atoms with Gasteiger partial charge < -0.3 is 20.3 Å². The average molecular weight is 391 g/mol. The third-order valence-corrected chi connectivity index (χ3v) is 5.31. The Bertz CT molecular complexity index is 750. The molecule has 1 aromatic rings. The maximum Gasteiger partial charge on any atom is 0.255 e. The summed E-state index contributed by atoms with van der Waals surface area (Å²) in [6.45, 7) is 2.20. The van der Waals surface area contributed by atoms with Crippen LogP contribution in [0.3, 0.4) is 0 Å². The molecular formula is C19H23ClN4O3. The SMILES string of the molecule is N#CC1(NC(=O)CNc2ccc(C(=O)N3CCOCC3)c(Cl)c2)CCCC1. The summed E-state index contributed by atoms with van der Waals surface area (Å²) in [7, 11) is 0. The van der Waals surface area contributed by atoms with E-state index >= 15 is 0 Å². The van der Waals surface area contributed by atoms with E-state index in [2.05, 4.69) is 16.7 Å². The molecule has 1 aliphatic carbocycles. The van der Waals surface area contributed by atoms with Crippen LogP contribution < -0.4 is 10.6 Å². The van der Waals surface area contributed by atoms with Crippen LogP contribution in [0.2, 0.25) is 5.02 Å². The number of carbonyl (C=O) groups is 2. The van der Waals surface area contributed by atoms with E-state index in [4.69, 9.17) is 16.3 Å². The monoisotopic (exact) mass is 390 g/mol. The highest BCUT2D eigenvalue weighted by Gasteiger charge is 2.35. The summed E-state index contributed by atoms with van der Waals surface area (Å²) in [5, 5.41) is 15.5. The minimum atomic E-state index is -0.731. The van der Waals surface area contributed by atoms with E-state index < -0.39 is 5.54 Å². The van der Waals surface area contributed by atoms with Crippen molar-refractivity contribution in [3.63, 3.8) is 0 Å². The number of hydrogen-bond donors (Lipinski definition) is 2. The number of amides is 2. The van der Waals surface area contributed by atoms with Crippen molar-refractivity contribution in [1.82, 2.24) is 10.2 Å². The molecule has 1 aliphatic heterocycles. The Morgan fingerprint density at radius 2 is 1.96 bits per heavy atom. The first-order valence-corrected chi connectivity index (χ1v) is 9.53. The number of nitrogens with one attached hydrogen (secondary N) is 2. The van der Waals surface area contributed by atoms with Crippen molar-refractivity contribution in [2.75, 3.05) is 38.2 Å². The van der Waals surface area contributed by atoms with Gasteiger partial charge in [-0.25, -0.2) is 0 Å². The van der Waals surface area contributed by atoms with Crippen LogP contribution in [0, 0.1) is 11.3 Å². The highest BCUT2D eigenvalue weighted by atomic mass is 35.5. The number of nitriles is 1. The number of halogens is 1. The summed E-state index contributed by atoms with van der Waals surface area (Å²) in [5.41, 5.74) is 0.347. The summed E-state index contributed by atoms with van der Waals surface area (Å²) < 4.78 is 5.26. The molecule has 1 heterocycles. The number of morpholine rings is 1. The molecule has 1 saturated heterocycles. The van der Waals surface area contributed by atoms with Crippen molar-refractivity contribution in [3.8, 4) is 6.07 Å². The van der Waals surface area contributed by atoms with E-state index in [0.29, 0.717) is 55.4 Å². The van der Waals surface area contributed by atoms with E-state index in [1.807, 2.05) is 0 Å². The van der Waals surface area contributed by atoms with Gasteiger partial charge in [0.05, 0.1) is 36.4 Å². The van der Waals surface area contributed by atoms with Crippen molar-refractivity contribution < 1.29 is 14.3 Å². The van der Waals surface area contributed by atoms with Crippen LogP contribution in [0.4, 0.5) is 5.69 Å². The van der Waals surface area contributed by atoms with Gasteiger partial charge in [-0.2, -0.15) is 5.26 Å². The Labute approximate surface area is 163 Å². The van der Waals surface area contributed by atoms with Gasteiger partial charge in [0.2, 0.25) is 5.91 Å². The van der Waals surface area contributed by atoms with Gasteiger partial charge in [-0.3, -0.25) is 9.59 Å². The van der Waals surface area contributed by atoms with Crippen molar-refractivity contribution in [2.45, 2.75) is 31.2 Å². The molecule has 2 fully saturated rings. The van der Waals surface area contributed by atoms with E-state index in [0.717, 1.165) is 12.8 Å². The Hall–Kier alpha value is -2.30. The summed E-state index contributed by atoms with van der Waals surface area (Å²) >= 11 is 6.28. The van der Waals surface area contributed by atoms with E-state index in [1.54, 1.807) is 23.1 Å². The van der Waals surface area contributed by atoms with E-state index in [9.17, 15) is 14.9 Å². The second kappa shape index (κ2) is 8.59. The Kier molecular flexibility index (Phi) is 6.19. The van der Waals surface area contributed by atoms with Gasteiger partial charge in [-0.1, -0.05) is 11.6 Å². The smallest absolute Gasteiger partial charge is 0.255 e. The summed E-state index contributed by atoms with van der Waals surface area (Å²) in [4.78, 5) is 26.4. The Morgan fingerprint density at radius 1 is 1.26 bits per heavy atom. The molecule has 8 heteroatoms. The lowest BCUT2D eigenvalue weighted by atomic mass is 10.00. The lowest BCUT2D eigenvalue weighted by molar-refractivity contribution is -0.120. The molecular weight excluding hydrogens is 368 g/mol. The van der Waals surface area contributed by atoms with Crippen LogP contribution >= 0.6 is 11.6 Å². The Balaban J connectivity index is 1.56. The fourth-order valence-electron chi connectivity index (χ4n) is 3.47. The molecule has 0 bridgehead atoms. The zero-order valence-corrected chi connectivity index (χ0v) is 15.8. The standard InChI is InChI=1S/C19H23ClN4O3/c20-16-11-14(3-4-15(16)18(26)24-7-9-27-10-8-24)22-12-17(25)23-19(13-21)5-1-2-6-19/h3-4,11,22H,1-2,5-10,12H2,(H,23,25). The summed E-state index contributed by atoms with van der Waals surface area (Å²) in [6.07, 6.45) is 3.30. The third kappa shape index (κ3) is 4.71. The highest BCUT2D eigenvalue weighted by Crippen LogP contribution is 2.29. The zero-order chi connectivity index (χ0) is 19.3. The number of nitrogens with zero attached hydrogens (tertiary/aromatic N) is 2. The molecule has 2 N–H and O–H groups in total. The molecule has 3 rings (SSSR count). The second-order valence-electron chi connectivity index (χ2n) is 6.90. The fourth-order valence-corrected chi connectivity index (χ4v) is 3.73. The first kappa shape index (κ1) is 19.5. The Morgan fingerprint density at radius 3 is 2.59 bits per heavy atom. The molecule has 0 radical (unpaired) electrons. The average Bonchev–Trinajstić information content (AvgIpc) is 3.15. The van der Waals surface area contributed by atoms with Crippen LogP contribution in [-0.4, -0.2) is 55.1 Å². The topological polar surface area (TPSA) is 94.5 Å². The van der Waals surface area contributed by atoms with Gasteiger partial charge in [-0.05, 0) is 43.9 Å². The van der Waals surface area contributed by atoms with Gasteiger partial charge in [0.1, 0.15) is 5.54 Å². The number of hydrogen-bond acceptors (Lipinski definition) is 5. The maximum absolute atomic E-state index is 12.5. The van der Waals surface area contributed by atoms with Crippen molar-refractivity contribution in [3.05, 3.63) is 28.8 Å². The first-order valence-electron chi connectivity index (χ1n) is 9.16. The minimum Gasteiger partial charge on any atom is -0.378 e. The minimum absolute atomic E-state index is 0.0382. The number of anilines is 1. The quantitative estimate of drug-likeness (QED) is 0.803. The van der Waals surface area contributed by atoms with Crippen LogP contribution in [0.15, 0.2) is 18.2 Å². The van der Waals surface area contributed by atoms with Crippen LogP contribution in [0.25, 0.3) is 0 Å². The lowest BCUT2D eigenvalue weighted by Gasteiger charge is -2.27. The predicted octanol–water partition coefficient (Wildman–Crippen LogP) is 2.18. The normalized spacial score (nSPS) is 18.6.